The summed E-state index contributed by atoms with van der Waals surface area (Å²) in [5, 5.41) is 0. The van der Waals surface area contributed by atoms with Crippen LogP contribution in [-0.4, -0.2) is 15.5 Å². The van der Waals surface area contributed by atoms with E-state index in [1.165, 1.54) is 10.8 Å². The van der Waals surface area contributed by atoms with E-state index in [-0.39, 0.29) is 5.82 Å². The fourth-order valence-electron chi connectivity index (χ4n) is 1.10. The van der Waals surface area contributed by atoms with Gasteiger partial charge in [0.15, 0.2) is 0 Å². The molecule has 1 atom stereocenters. The average Bonchev–Trinajstić information content (AvgIpc) is 2.35. The summed E-state index contributed by atoms with van der Waals surface area (Å²) in [5.74, 6) is 2.32. The lowest BCUT2D eigenvalue weighted by Gasteiger charge is -2.21. The monoisotopic (exact) mass is 190 g/mol. The Hall–Kier alpha value is -1.01. The van der Waals surface area contributed by atoms with Crippen molar-refractivity contribution in [3.63, 3.8) is 0 Å². The largest absolute Gasteiger partial charge is 0.336 e. The zero-order valence-electron chi connectivity index (χ0n) is 7.46. The predicted molar refractivity (Wildman–Crippen MR) is 43.9 cm³/mol. The van der Waals surface area contributed by atoms with Crippen molar-refractivity contribution in [2.45, 2.75) is 18.9 Å². The number of aromatic nitrogens is 2. The second-order valence-corrected chi connectivity index (χ2v) is 2.95. The first-order chi connectivity index (χ1) is 5.96. The molecule has 1 aromatic rings. The molecule has 0 spiro atoms. The van der Waals surface area contributed by atoms with Crippen LogP contribution in [0.5, 0.6) is 0 Å². The second-order valence-electron chi connectivity index (χ2n) is 2.95. The second kappa shape index (κ2) is 3.39. The van der Waals surface area contributed by atoms with Crippen molar-refractivity contribution in [3.05, 3.63) is 18.2 Å². The lowest BCUT2D eigenvalue weighted by Crippen LogP contribution is -2.40. The van der Waals surface area contributed by atoms with Crippen LogP contribution in [0, 0.1) is 0 Å². The van der Waals surface area contributed by atoms with Gasteiger partial charge in [-0.25, -0.2) is 19.2 Å². The maximum atomic E-state index is 12.9. The van der Waals surface area contributed by atoms with Gasteiger partial charge in [-0.2, -0.15) is 0 Å². The number of hydrogen-bond donors (Lipinski definition) is 2. The molecular weight excluding hydrogens is 178 g/mol. The molecule has 1 heterocycles. The lowest BCUT2D eigenvalue weighted by molar-refractivity contribution is -0.0231. The zero-order chi connectivity index (χ0) is 10.1. The molecule has 0 amide bonds. The van der Waals surface area contributed by atoms with Crippen molar-refractivity contribution in [3.8, 4) is 0 Å². The molecule has 0 saturated heterocycles. The van der Waals surface area contributed by atoms with Gasteiger partial charge in [0.25, 0.3) is 5.92 Å². The third-order valence-corrected chi connectivity index (χ3v) is 1.79. The van der Waals surface area contributed by atoms with Crippen LogP contribution < -0.4 is 11.3 Å². The van der Waals surface area contributed by atoms with Crippen molar-refractivity contribution >= 4 is 0 Å². The minimum Gasteiger partial charge on any atom is -0.336 e. The molecule has 0 aromatic carbocycles. The molecule has 0 fully saturated rings. The zero-order valence-corrected chi connectivity index (χ0v) is 7.46. The summed E-state index contributed by atoms with van der Waals surface area (Å²) >= 11 is 0. The van der Waals surface area contributed by atoms with Crippen LogP contribution in [0.25, 0.3) is 0 Å². The van der Waals surface area contributed by atoms with Crippen LogP contribution >= 0.6 is 0 Å². The van der Waals surface area contributed by atoms with Crippen molar-refractivity contribution in [2.75, 3.05) is 0 Å². The fraction of sp³-hybridized carbons (Fsp3) is 0.571. The number of nitrogens with one attached hydrogen (secondary N) is 1. The van der Waals surface area contributed by atoms with Gasteiger partial charge in [-0.15, -0.1) is 0 Å². The molecule has 3 N–H and O–H groups in total. The molecule has 0 saturated carbocycles. The van der Waals surface area contributed by atoms with Gasteiger partial charge in [-0.1, -0.05) is 0 Å². The predicted octanol–water partition coefficient (Wildman–Crippen LogP) is 0.580. The maximum Gasteiger partial charge on any atom is 0.268 e. The Balaban J connectivity index is 2.98. The van der Waals surface area contributed by atoms with E-state index >= 15 is 0 Å². The quantitative estimate of drug-likeness (QED) is 0.541. The molecular formula is C7H12F2N4. The molecule has 6 heteroatoms. The third kappa shape index (κ3) is 2.02. The number of aryl methyl sites for hydroxylation is 1. The number of hydrazine groups is 1. The Labute approximate surface area is 74.7 Å². The summed E-state index contributed by atoms with van der Waals surface area (Å²) in [6.07, 6.45) is 3.04. The van der Waals surface area contributed by atoms with Crippen molar-refractivity contribution in [1.82, 2.24) is 15.0 Å². The topological polar surface area (TPSA) is 55.9 Å². The van der Waals surface area contributed by atoms with Gasteiger partial charge in [0.05, 0.1) is 0 Å². The number of rotatable bonds is 3. The number of hydrogen-bond acceptors (Lipinski definition) is 3. The number of nitrogens with two attached hydrogens (primary N) is 1. The van der Waals surface area contributed by atoms with Crippen LogP contribution in [-0.2, 0) is 7.05 Å². The van der Waals surface area contributed by atoms with Crippen LogP contribution in [0.3, 0.4) is 0 Å². The van der Waals surface area contributed by atoms with E-state index in [4.69, 9.17) is 5.84 Å². The van der Waals surface area contributed by atoms with Crippen LogP contribution in [0.2, 0.25) is 0 Å². The molecule has 0 bridgehead atoms. The smallest absolute Gasteiger partial charge is 0.268 e. The summed E-state index contributed by atoms with van der Waals surface area (Å²) < 4.78 is 27.4. The molecule has 1 aromatic heterocycles. The van der Waals surface area contributed by atoms with E-state index < -0.39 is 12.0 Å². The highest BCUT2D eigenvalue weighted by Crippen LogP contribution is 2.28. The van der Waals surface area contributed by atoms with E-state index in [1.807, 2.05) is 0 Å². The standard InChI is InChI=1S/C7H12F2N4/c1-7(8,9)5(12-10)6-11-3-4-13(6)2/h3-5,12H,10H2,1-2H3. The highest BCUT2D eigenvalue weighted by molar-refractivity contribution is 5.02. The molecule has 0 radical (unpaired) electrons. The molecule has 1 rings (SSSR count). The molecule has 0 aliphatic rings. The van der Waals surface area contributed by atoms with Crippen molar-refractivity contribution < 1.29 is 8.78 Å². The normalized spacial score (nSPS) is 14.5. The SMILES string of the molecule is Cn1ccnc1C(NN)C(C)(F)F. The van der Waals surface area contributed by atoms with Crippen LogP contribution in [0.1, 0.15) is 18.8 Å². The summed E-state index contributed by atoms with van der Waals surface area (Å²) in [6.45, 7) is 0.798. The van der Waals surface area contributed by atoms with Crippen molar-refractivity contribution in [2.24, 2.45) is 12.9 Å². The summed E-state index contributed by atoms with van der Waals surface area (Å²) in [5.41, 5.74) is 2.05. The summed E-state index contributed by atoms with van der Waals surface area (Å²) in [7, 11) is 1.64. The Bertz CT molecular complexity index is 278. The van der Waals surface area contributed by atoms with Crippen LogP contribution in [0.4, 0.5) is 8.78 Å². The highest BCUT2D eigenvalue weighted by atomic mass is 19.3. The fourth-order valence-corrected chi connectivity index (χ4v) is 1.10. The Morgan fingerprint density at radius 1 is 1.69 bits per heavy atom. The van der Waals surface area contributed by atoms with Gasteiger partial charge in [0, 0.05) is 26.4 Å². The van der Waals surface area contributed by atoms with E-state index in [9.17, 15) is 8.78 Å². The molecule has 4 nitrogen and oxygen atoms in total. The molecule has 0 aliphatic carbocycles. The minimum atomic E-state index is -2.94. The molecule has 1 unspecified atom stereocenters. The third-order valence-electron chi connectivity index (χ3n) is 1.79. The van der Waals surface area contributed by atoms with E-state index in [0.29, 0.717) is 0 Å². The summed E-state index contributed by atoms with van der Waals surface area (Å²) in [6, 6.07) is -1.26. The highest BCUT2D eigenvalue weighted by Gasteiger charge is 2.37. The maximum absolute atomic E-state index is 12.9. The molecule has 0 aliphatic heterocycles. The van der Waals surface area contributed by atoms with Gasteiger partial charge in [0.1, 0.15) is 11.9 Å². The Morgan fingerprint density at radius 3 is 2.62 bits per heavy atom. The van der Waals surface area contributed by atoms with Crippen molar-refractivity contribution in [1.29, 1.82) is 0 Å². The van der Waals surface area contributed by atoms with Gasteiger partial charge in [-0.3, -0.25) is 5.84 Å². The van der Waals surface area contributed by atoms with Crippen LogP contribution in [0.15, 0.2) is 12.4 Å². The minimum absolute atomic E-state index is 0.218. The Kier molecular flexibility index (Phi) is 2.63. The van der Waals surface area contributed by atoms with Gasteiger partial charge in [-0.05, 0) is 0 Å². The first kappa shape index (κ1) is 10.1. The number of imidazole rings is 1. The molecule has 13 heavy (non-hydrogen) atoms. The number of halogens is 2. The first-order valence-corrected chi connectivity index (χ1v) is 3.78. The molecule has 74 valence electrons. The average molecular weight is 190 g/mol. The van der Waals surface area contributed by atoms with E-state index in [2.05, 4.69) is 10.4 Å². The number of nitrogens with zero attached hydrogens (tertiary/aromatic N) is 2. The van der Waals surface area contributed by atoms with Gasteiger partial charge in [0.2, 0.25) is 0 Å². The van der Waals surface area contributed by atoms with Gasteiger partial charge >= 0.3 is 0 Å². The van der Waals surface area contributed by atoms with E-state index in [1.54, 1.807) is 13.2 Å². The summed E-state index contributed by atoms with van der Waals surface area (Å²) in [4.78, 5) is 3.79. The first-order valence-electron chi connectivity index (χ1n) is 3.78. The van der Waals surface area contributed by atoms with Gasteiger partial charge < -0.3 is 4.57 Å². The number of alkyl halides is 2. The van der Waals surface area contributed by atoms with E-state index in [0.717, 1.165) is 6.92 Å². The Morgan fingerprint density at radius 2 is 2.31 bits per heavy atom. The lowest BCUT2D eigenvalue weighted by atomic mass is 10.1.